The summed E-state index contributed by atoms with van der Waals surface area (Å²) >= 11 is 0. The van der Waals surface area contributed by atoms with Gasteiger partial charge in [0.1, 0.15) is 5.82 Å². The summed E-state index contributed by atoms with van der Waals surface area (Å²) in [7, 11) is 0. The van der Waals surface area contributed by atoms with Crippen LogP contribution >= 0.6 is 0 Å². The number of aryl methyl sites for hydroxylation is 1. The quantitative estimate of drug-likeness (QED) is 0.557. The zero-order valence-electron chi connectivity index (χ0n) is 15.9. The number of aliphatic hydroxyl groups is 1. The number of halogens is 1. The van der Waals surface area contributed by atoms with E-state index in [1.807, 2.05) is 19.9 Å². The largest absolute Gasteiger partial charge is 0.388 e. The van der Waals surface area contributed by atoms with Gasteiger partial charge in [0.05, 0.1) is 12.1 Å². The molecule has 3 N–H and O–H groups in total. The van der Waals surface area contributed by atoms with Crippen LogP contribution in [0.3, 0.4) is 0 Å². The number of hydrogen-bond acceptors (Lipinski definition) is 3. The molecule has 26 heavy (non-hydrogen) atoms. The minimum atomic E-state index is -0.605. The predicted molar refractivity (Wildman–Crippen MR) is 104 cm³/mol. The molecular formula is C20H31FN4O. The summed E-state index contributed by atoms with van der Waals surface area (Å²) in [6.07, 6.45) is 4.93. The molecule has 0 spiro atoms. The lowest BCUT2D eigenvalue weighted by molar-refractivity contribution is -0.0236. The maximum atomic E-state index is 13.4. The molecule has 1 aliphatic heterocycles. The maximum Gasteiger partial charge on any atom is 0.191 e. The molecular weight excluding hydrogens is 331 g/mol. The summed E-state index contributed by atoms with van der Waals surface area (Å²) in [6.45, 7) is 7.09. The van der Waals surface area contributed by atoms with Crippen molar-refractivity contribution in [1.29, 1.82) is 0 Å². The van der Waals surface area contributed by atoms with Gasteiger partial charge in [-0.15, -0.1) is 0 Å². The standard InChI is InChI=1S/C20H31FN4O/c1-3-22-19(23-14-20(26)9-5-10-20)24-17-6-4-11-25(13-17)18-8-7-16(21)12-15(18)2/h7-8,12,17,26H,3-6,9-11,13-14H2,1-2H3,(H2,22,23,24). The molecule has 1 atom stereocenters. The number of hydrogen-bond donors (Lipinski definition) is 3. The minimum absolute atomic E-state index is 0.187. The molecule has 1 saturated carbocycles. The van der Waals surface area contributed by atoms with E-state index in [9.17, 15) is 9.50 Å². The Balaban J connectivity index is 1.62. The van der Waals surface area contributed by atoms with Crippen LogP contribution in [0, 0.1) is 12.7 Å². The third kappa shape index (κ3) is 4.67. The highest BCUT2D eigenvalue weighted by Crippen LogP contribution is 2.31. The Hall–Kier alpha value is -1.82. The average molecular weight is 362 g/mol. The summed E-state index contributed by atoms with van der Waals surface area (Å²) < 4.78 is 13.4. The fourth-order valence-corrected chi connectivity index (χ4v) is 3.77. The summed E-state index contributed by atoms with van der Waals surface area (Å²) in [5.41, 5.74) is 1.47. The lowest BCUT2D eigenvalue weighted by Crippen LogP contribution is -2.52. The van der Waals surface area contributed by atoms with Crippen molar-refractivity contribution < 1.29 is 9.50 Å². The van der Waals surface area contributed by atoms with Crippen LogP contribution in [-0.2, 0) is 0 Å². The van der Waals surface area contributed by atoms with E-state index in [0.717, 1.165) is 68.9 Å². The summed E-state index contributed by atoms with van der Waals surface area (Å²) in [5.74, 6) is 0.587. The van der Waals surface area contributed by atoms with Crippen LogP contribution in [0.5, 0.6) is 0 Å². The van der Waals surface area contributed by atoms with Crippen molar-refractivity contribution in [2.24, 2.45) is 4.99 Å². The topological polar surface area (TPSA) is 59.9 Å². The van der Waals surface area contributed by atoms with Gasteiger partial charge in [0.15, 0.2) is 5.96 Å². The van der Waals surface area contributed by atoms with E-state index in [1.165, 1.54) is 6.07 Å². The number of anilines is 1. The lowest BCUT2D eigenvalue weighted by atomic mass is 9.80. The molecule has 0 radical (unpaired) electrons. The van der Waals surface area contributed by atoms with Crippen molar-refractivity contribution in [3.63, 3.8) is 0 Å². The molecule has 2 fully saturated rings. The number of benzene rings is 1. The molecule has 1 unspecified atom stereocenters. The molecule has 2 aliphatic rings. The highest BCUT2D eigenvalue weighted by atomic mass is 19.1. The van der Waals surface area contributed by atoms with Crippen molar-refractivity contribution in [3.8, 4) is 0 Å². The van der Waals surface area contributed by atoms with Crippen molar-refractivity contribution in [2.45, 2.75) is 57.6 Å². The second-order valence-corrected chi connectivity index (χ2v) is 7.63. The Morgan fingerprint density at radius 3 is 2.85 bits per heavy atom. The first-order chi connectivity index (χ1) is 12.5. The van der Waals surface area contributed by atoms with E-state index < -0.39 is 5.60 Å². The van der Waals surface area contributed by atoms with Crippen LogP contribution in [-0.4, -0.2) is 48.9 Å². The van der Waals surface area contributed by atoms with Gasteiger partial charge in [-0.25, -0.2) is 4.39 Å². The molecule has 0 aromatic heterocycles. The first-order valence-corrected chi connectivity index (χ1v) is 9.77. The SMILES string of the molecule is CCNC(=NCC1(O)CCC1)NC1CCCN(c2ccc(F)cc2C)C1. The fraction of sp³-hybridized carbons (Fsp3) is 0.650. The third-order valence-corrected chi connectivity index (χ3v) is 5.42. The maximum absolute atomic E-state index is 13.4. The van der Waals surface area contributed by atoms with Crippen LogP contribution < -0.4 is 15.5 Å². The van der Waals surface area contributed by atoms with E-state index in [2.05, 4.69) is 20.5 Å². The smallest absolute Gasteiger partial charge is 0.191 e. The van der Waals surface area contributed by atoms with Crippen molar-refractivity contribution in [3.05, 3.63) is 29.6 Å². The molecule has 5 nitrogen and oxygen atoms in total. The van der Waals surface area contributed by atoms with Gasteiger partial charge in [-0.05, 0) is 69.7 Å². The van der Waals surface area contributed by atoms with Gasteiger partial charge in [0, 0.05) is 31.4 Å². The second-order valence-electron chi connectivity index (χ2n) is 7.63. The zero-order valence-corrected chi connectivity index (χ0v) is 15.9. The normalized spacial score (nSPS) is 22.7. The number of nitrogens with one attached hydrogen (secondary N) is 2. The molecule has 1 aromatic rings. The molecule has 0 bridgehead atoms. The van der Waals surface area contributed by atoms with Gasteiger partial charge in [0.25, 0.3) is 0 Å². The van der Waals surface area contributed by atoms with Gasteiger partial charge < -0.3 is 20.6 Å². The average Bonchev–Trinajstić information content (AvgIpc) is 2.58. The highest BCUT2D eigenvalue weighted by molar-refractivity contribution is 5.80. The Kier molecular flexibility index (Phi) is 6.01. The minimum Gasteiger partial charge on any atom is -0.388 e. The Morgan fingerprint density at radius 1 is 1.38 bits per heavy atom. The van der Waals surface area contributed by atoms with Crippen LogP contribution in [0.1, 0.15) is 44.6 Å². The number of guanidine groups is 1. The number of rotatable bonds is 5. The van der Waals surface area contributed by atoms with E-state index in [-0.39, 0.29) is 11.9 Å². The Bertz CT molecular complexity index is 645. The van der Waals surface area contributed by atoms with Crippen molar-refractivity contribution in [2.75, 3.05) is 31.1 Å². The predicted octanol–water partition coefficient (Wildman–Crippen LogP) is 2.57. The number of aliphatic imine (C=N–C) groups is 1. The molecule has 144 valence electrons. The fourth-order valence-electron chi connectivity index (χ4n) is 3.77. The van der Waals surface area contributed by atoms with Crippen LogP contribution in [0.4, 0.5) is 10.1 Å². The summed E-state index contributed by atoms with van der Waals surface area (Å²) in [5, 5.41) is 17.1. The molecule has 6 heteroatoms. The van der Waals surface area contributed by atoms with Crippen molar-refractivity contribution >= 4 is 11.6 Å². The zero-order chi connectivity index (χ0) is 18.6. The summed E-state index contributed by atoms with van der Waals surface area (Å²) in [4.78, 5) is 6.92. The van der Waals surface area contributed by atoms with Crippen LogP contribution in [0.2, 0.25) is 0 Å². The molecule has 1 saturated heterocycles. The van der Waals surface area contributed by atoms with Gasteiger partial charge >= 0.3 is 0 Å². The number of nitrogens with zero attached hydrogens (tertiary/aromatic N) is 2. The highest BCUT2D eigenvalue weighted by Gasteiger charge is 2.34. The third-order valence-electron chi connectivity index (χ3n) is 5.42. The van der Waals surface area contributed by atoms with E-state index in [0.29, 0.717) is 6.54 Å². The van der Waals surface area contributed by atoms with Crippen LogP contribution in [0.15, 0.2) is 23.2 Å². The first kappa shape index (κ1) is 19.0. The second kappa shape index (κ2) is 8.25. The lowest BCUT2D eigenvalue weighted by Gasteiger charge is -2.37. The van der Waals surface area contributed by atoms with Crippen molar-refractivity contribution in [1.82, 2.24) is 10.6 Å². The Morgan fingerprint density at radius 2 is 2.19 bits per heavy atom. The van der Waals surface area contributed by atoms with E-state index >= 15 is 0 Å². The van der Waals surface area contributed by atoms with E-state index in [1.54, 1.807) is 6.07 Å². The molecule has 0 amide bonds. The van der Waals surface area contributed by atoms with Crippen LogP contribution in [0.25, 0.3) is 0 Å². The molecule has 3 rings (SSSR count). The number of piperidine rings is 1. The van der Waals surface area contributed by atoms with Gasteiger partial charge in [-0.3, -0.25) is 4.99 Å². The molecule has 1 heterocycles. The molecule has 1 aliphatic carbocycles. The monoisotopic (exact) mass is 362 g/mol. The summed E-state index contributed by atoms with van der Waals surface area (Å²) in [6, 6.07) is 5.28. The Labute approximate surface area is 155 Å². The van der Waals surface area contributed by atoms with Gasteiger partial charge in [0.2, 0.25) is 0 Å². The van der Waals surface area contributed by atoms with E-state index in [4.69, 9.17) is 0 Å². The van der Waals surface area contributed by atoms with Gasteiger partial charge in [-0.1, -0.05) is 0 Å². The van der Waals surface area contributed by atoms with Gasteiger partial charge in [-0.2, -0.15) is 0 Å². The first-order valence-electron chi connectivity index (χ1n) is 9.77. The molecule has 1 aromatic carbocycles.